The van der Waals surface area contributed by atoms with Crippen LogP contribution in [-0.4, -0.2) is 34.6 Å². The van der Waals surface area contributed by atoms with E-state index >= 15 is 0 Å². The van der Waals surface area contributed by atoms with Crippen molar-refractivity contribution in [1.29, 1.82) is 0 Å². The molecule has 17 heavy (non-hydrogen) atoms. The minimum atomic E-state index is 0.369. The molecule has 0 amide bonds. The Kier molecular flexibility index (Phi) is 3.99. The van der Waals surface area contributed by atoms with E-state index in [1.165, 1.54) is 19.3 Å². The molecule has 94 valence electrons. The number of halogens is 1. The maximum Gasteiger partial charge on any atom is 0.224 e. The number of hydrogen-bond donors (Lipinski definition) is 2. The Labute approximate surface area is 111 Å². The molecule has 6 heteroatoms. The first kappa shape index (κ1) is 12.8. The second-order valence-electron chi connectivity index (χ2n) is 4.23. The number of nitrogens with zero attached hydrogens (tertiary/aromatic N) is 2. The summed E-state index contributed by atoms with van der Waals surface area (Å²) in [6.45, 7) is 0.911. The summed E-state index contributed by atoms with van der Waals surface area (Å²) in [5, 5.41) is 6.81. The van der Waals surface area contributed by atoms with E-state index in [-0.39, 0.29) is 0 Å². The molecule has 2 rings (SSSR count). The summed E-state index contributed by atoms with van der Waals surface area (Å²) in [5.41, 5.74) is 0. The van der Waals surface area contributed by atoms with Crippen LogP contribution in [0.2, 0.25) is 5.02 Å². The van der Waals surface area contributed by atoms with Gasteiger partial charge in [-0.2, -0.15) is 16.7 Å². The van der Waals surface area contributed by atoms with Gasteiger partial charge in [-0.3, -0.25) is 0 Å². The van der Waals surface area contributed by atoms with Crippen molar-refractivity contribution in [1.82, 2.24) is 9.97 Å². The van der Waals surface area contributed by atoms with Crippen molar-refractivity contribution in [3.8, 4) is 0 Å². The Morgan fingerprint density at radius 1 is 1.53 bits per heavy atom. The zero-order chi connectivity index (χ0) is 12.3. The average molecular weight is 273 g/mol. The minimum absolute atomic E-state index is 0.369. The lowest BCUT2D eigenvalue weighted by Crippen LogP contribution is -2.40. The van der Waals surface area contributed by atoms with E-state index in [0.717, 1.165) is 6.54 Å². The molecule has 0 saturated heterocycles. The van der Waals surface area contributed by atoms with Gasteiger partial charge in [-0.05, 0) is 19.1 Å². The van der Waals surface area contributed by atoms with Crippen molar-refractivity contribution in [2.75, 3.05) is 30.5 Å². The summed E-state index contributed by atoms with van der Waals surface area (Å²) < 4.78 is 0.369. The molecule has 0 atom stereocenters. The molecule has 1 heterocycles. The van der Waals surface area contributed by atoms with Gasteiger partial charge in [0, 0.05) is 18.3 Å². The predicted molar refractivity (Wildman–Crippen MR) is 75.2 cm³/mol. The molecule has 1 aliphatic rings. The van der Waals surface area contributed by atoms with Gasteiger partial charge in [0.25, 0.3) is 0 Å². The van der Waals surface area contributed by atoms with Gasteiger partial charge < -0.3 is 10.6 Å². The molecular formula is C11H17ClN4S. The Hall–Kier alpha value is -0.680. The second kappa shape index (κ2) is 5.31. The van der Waals surface area contributed by atoms with Crippen LogP contribution < -0.4 is 10.6 Å². The molecule has 4 nitrogen and oxygen atoms in total. The second-order valence-corrected chi connectivity index (χ2v) is 5.92. The third-order valence-electron chi connectivity index (χ3n) is 3.24. The fourth-order valence-corrected chi connectivity index (χ4v) is 2.95. The molecule has 0 aromatic carbocycles. The topological polar surface area (TPSA) is 49.8 Å². The highest BCUT2D eigenvalue weighted by Gasteiger charge is 2.36. The van der Waals surface area contributed by atoms with Gasteiger partial charge in [0.1, 0.15) is 5.02 Å². The first-order chi connectivity index (χ1) is 8.19. The van der Waals surface area contributed by atoms with Crippen molar-refractivity contribution in [3.63, 3.8) is 0 Å². The number of rotatable bonds is 5. The predicted octanol–water partition coefficient (Wildman–Crippen LogP) is 2.87. The van der Waals surface area contributed by atoms with Crippen molar-refractivity contribution in [3.05, 3.63) is 11.2 Å². The summed E-state index contributed by atoms with van der Waals surface area (Å²) >= 11 is 7.99. The van der Waals surface area contributed by atoms with Gasteiger partial charge in [-0.25, -0.2) is 4.98 Å². The van der Waals surface area contributed by atoms with Crippen LogP contribution in [0.3, 0.4) is 0 Å². The van der Waals surface area contributed by atoms with Crippen LogP contribution in [0.25, 0.3) is 0 Å². The zero-order valence-corrected chi connectivity index (χ0v) is 11.7. The Bertz CT molecular complexity index is 390. The largest absolute Gasteiger partial charge is 0.367 e. The summed E-state index contributed by atoms with van der Waals surface area (Å²) in [6.07, 6.45) is 7.64. The molecule has 1 saturated carbocycles. The lowest BCUT2D eigenvalue weighted by Gasteiger charge is -2.40. The van der Waals surface area contributed by atoms with E-state index in [4.69, 9.17) is 11.6 Å². The third kappa shape index (κ3) is 2.77. The molecule has 0 bridgehead atoms. The fourth-order valence-electron chi connectivity index (χ4n) is 1.88. The highest BCUT2D eigenvalue weighted by atomic mass is 35.5. The Morgan fingerprint density at radius 2 is 2.29 bits per heavy atom. The van der Waals surface area contributed by atoms with Crippen LogP contribution in [0.1, 0.15) is 19.3 Å². The summed E-state index contributed by atoms with van der Waals surface area (Å²) in [7, 11) is 1.79. The molecule has 0 radical (unpaired) electrons. The highest BCUT2D eigenvalue weighted by Crippen LogP contribution is 2.42. The lowest BCUT2D eigenvalue weighted by atomic mass is 9.84. The van der Waals surface area contributed by atoms with Crippen molar-refractivity contribution in [2.24, 2.45) is 0 Å². The average Bonchev–Trinajstić information content (AvgIpc) is 2.30. The first-order valence-corrected chi connectivity index (χ1v) is 7.29. The van der Waals surface area contributed by atoms with E-state index < -0.39 is 0 Å². The van der Waals surface area contributed by atoms with Gasteiger partial charge >= 0.3 is 0 Å². The number of nitrogens with one attached hydrogen (secondary N) is 2. The maximum absolute atomic E-state index is 6.06. The van der Waals surface area contributed by atoms with Crippen LogP contribution in [-0.2, 0) is 0 Å². The van der Waals surface area contributed by atoms with E-state index in [1.54, 1.807) is 13.2 Å². The van der Waals surface area contributed by atoms with Crippen LogP contribution in [0.15, 0.2) is 6.20 Å². The number of hydrogen-bond acceptors (Lipinski definition) is 5. The fraction of sp³-hybridized carbons (Fsp3) is 0.636. The van der Waals surface area contributed by atoms with Crippen LogP contribution in [0.4, 0.5) is 11.8 Å². The Morgan fingerprint density at radius 3 is 2.82 bits per heavy atom. The lowest BCUT2D eigenvalue weighted by molar-refractivity contribution is 0.379. The van der Waals surface area contributed by atoms with Gasteiger partial charge in [0.05, 0.1) is 6.20 Å². The molecule has 0 aliphatic heterocycles. The number of thioether (sulfide) groups is 1. The third-order valence-corrected chi connectivity index (χ3v) is 4.94. The quantitative estimate of drug-likeness (QED) is 0.863. The van der Waals surface area contributed by atoms with E-state index in [0.29, 0.717) is 21.5 Å². The van der Waals surface area contributed by atoms with E-state index in [1.807, 2.05) is 11.8 Å². The molecule has 1 aromatic rings. The SMILES string of the molecule is CNc1ncc(Cl)c(NCC2(SC)CCC2)n1. The molecule has 1 aromatic heterocycles. The first-order valence-electron chi connectivity index (χ1n) is 5.68. The number of aromatic nitrogens is 2. The summed E-state index contributed by atoms with van der Waals surface area (Å²) in [6, 6.07) is 0. The Balaban J connectivity index is 2.02. The van der Waals surface area contributed by atoms with E-state index in [9.17, 15) is 0 Å². The van der Waals surface area contributed by atoms with Gasteiger partial charge in [0.15, 0.2) is 5.82 Å². The smallest absolute Gasteiger partial charge is 0.224 e. The highest BCUT2D eigenvalue weighted by molar-refractivity contribution is 8.00. The summed E-state index contributed by atoms with van der Waals surface area (Å²) in [5.74, 6) is 1.30. The van der Waals surface area contributed by atoms with Gasteiger partial charge in [0.2, 0.25) is 5.95 Å². The van der Waals surface area contributed by atoms with Crippen molar-refractivity contribution in [2.45, 2.75) is 24.0 Å². The minimum Gasteiger partial charge on any atom is -0.367 e. The molecule has 1 fully saturated rings. The molecule has 2 N–H and O–H groups in total. The van der Waals surface area contributed by atoms with Gasteiger partial charge in [-0.15, -0.1) is 0 Å². The molecule has 0 unspecified atom stereocenters. The maximum atomic E-state index is 6.06. The normalized spacial score (nSPS) is 17.4. The van der Waals surface area contributed by atoms with Crippen LogP contribution in [0, 0.1) is 0 Å². The standard InChI is InChI=1S/C11H17ClN4S/c1-13-10-14-6-8(12)9(16-10)15-7-11(17-2)4-3-5-11/h6H,3-5,7H2,1-2H3,(H2,13,14,15,16). The monoisotopic (exact) mass is 272 g/mol. The zero-order valence-electron chi connectivity index (χ0n) is 10.1. The summed E-state index contributed by atoms with van der Waals surface area (Å²) in [4.78, 5) is 8.37. The van der Waals surface area contributed by atoms with Crippen molar-refractivity contribution >= 4 is 35.1 Å². The van der Waals surface area contributed by atoms with Crippen LogP contribution >= 0.6 is 23.4 Å². The molecule has 0 spiro atoms. The van der Waals surface area contributed by atoms with E-state index in [2.05, 4.69) is 26.9 Å². The van der Waals surface area contributed by atoms with Gasteiger partial charge in [-0.1, -0.05) is 18.0 Å². The van der Waals surface area contributed by atoms with Crippen molar-refractivity contribution < 1.29 is 0 Å². The molecule has 1 aliphatic carbocycles. The van der Waals surface area contributed by atoms with Crippen LogP contribution in [0.5, 0.6) is 0 Å². The molecular weight excluding hydrogens is 256 g/mol. The number of anilines is 2.